The maximum atomic E-state index is 6.13. The van der Waals surface area contributed by atoms with Crippen molar-refractivity contribution in [2.45, 2.75) is 6.54 Å². The molecule has 1 nitrogen and oxygen atoms in total. The highest BCUT2D eigenvalue weighted by Gasteiger charge is 2.07. The molecule has 0 saturated carbocycles. The average molecular weight is 400 g/mol. The monoisotopic (exact) mass is 397 g/mol. The van der Waals surface area contributed by atoms with Crippen molar-refractivity contribution in [2.75, 3.05) is 5.32 Å². The Bertz CT molecular complexity index is 572. The number of rotatable bonds is 3. The Morgan fingerprint density at radius 3 is 1.89 bits per heavy atom. The summed E-state index contributed by atoms with van der Waals surface area (Å²) in [6, 6.07) is 8.91. The molecule has 0 saturated heterocycles. The van der Waals surface area contributed by atoms with Gasteiger partial charge in [-0.1, -0.05) is 62.3 Å². The normalized spacial score (nSPS) is 10.6. The number of benzene rings is 2. The minimum Gasteiger partial charge on any atom is -0.379 e. The molecule has 0 aromatic heterocycles. The average Bonchev–Trinajstić information content (AvgIpc) is 2.25. The molecule has 1 N–H and O–H groups in total. The summed E-state index contributed by atoms with van der Waals surface area (Å²) in [5.74, 6) is 0. The summed E-state index contributed by atoms with van der Waals surface area (Å²) in [6.07, 6.45) is 0. The van der Waals surface area contributed by atoms with Crippen molar-refractivity contribution in [1.29, 1.82) is 0 Å². The zero-order chi connectivity index (χ0) is 14.0. The Hall–Kier alpha value is -0.120. The molecule has 0 aliphatic carbocycles. The van der Waals surface area contributed by atoms with Gasteiger partial charge in [-0.15, -0.1) is 0 Å². The van der Waals surface area contributed by atoms with Gasteiger partial charge in [-0.25, -0.2) is 0 Å². The molecule has 0 radical (unpaired) electrons. The van der Waals surface area contributed by atoms with Gasteiger partial charge in [-0.2, -0.15) is 0 Å². The van der Waals surface area contributed by atoms with Crippen LogP contribution in [-0.2, 0) is 6.54 Å². The first-order chi connectivity index (χ1) is 8.95. The van der Waals surface area contributed by atoms with E-state index in [2.05, 4.69) is 21.2 Å². The predicted octanol–water partition coefficient (Wildman–Crippen LogP) is 6.67. The number of anilines is 1. The molecule has 0 aliphatic rings. The lowest BCUT2D eigenvalue weighted by Gasteiger charge is -2.11. The summed E-state index contributed by atoms with van der Waals surface area (Å²) in [5.41, 5.74) is 1.63. The van der Waals surface area contributed by atoms with E-state index in [0.717, 1.165) is 10.0 Å². The van der Waals surface area contributed by atoms with Crippen LogP contribution in [0.1, 0.15) is 5.56 Å². The van der Waals surface area contributed by atoms with Crippen LogP contribution in [0.2, 0.25) is 20.1 Å². The predicted molar refractivity (Wildman–Crippen MR) is 88.0 cm³/mol. The van der Waals surface area contributed by atoms with Gasteiger partial charge >= 0.3 is 0 Å². The highest BCUT2D eigenvalue weighted by molar-refractivity contribution is 9.10. The van der Waals surface area contributed by atoms with E-state index < -0.39 is 0 Å². The topological polar surface area (TPSA) is 12.0 Å². The second-order valence-corrected chi connectivity index (χ2v) is 6.48. The molecule has 2 rings (SSSR count). The van der Waals surface area contributed by atoms with E-state index in [1.165, 1.54) is 0 Å². The second-order valence-electron chi connectivity index (χ2n) is 3.88. The number of hydrogen-bond donors (Lipinski definition) is 1. The van der Waals surface area contributed by atoms with E-state index in [1.54, 1.807) is 18.2 Å². The Kier molecular flexibility index (Phi) is 5.27. The third-order valence-electron chi connectivity index (χ3n) is 2.40. The van der Waals surface area contributed by atoms with Crippen LogP contribution in [0.15, 0.2) is 34.8 Å². The van der Waals surface area contributed by atoms with Crippen molar-refractivity contribution in [3.05, 3.63) is 60.5 Å². The van der Waals surface area contributed by atoms with Crippen molar-refractivity contribution >= 4 is 68.0 Å². The van der Waals surface area contributed by atoms with Crippen molar-refractivity contribution in [1.82, 2.24) is 0 Å². The fourth-order valence-corrected chi connectivity index (χ4v) is 3.53. The Morgan fingerprint density at radius 2 is 1.37 bits per heavy atom. The fraction of sp³-hybridized carbons (Fsp3) is 0.0769. The third kappa shape index (κ3) is 4.17. The summed E-state index contributed by atoms with van der Waals surface area (Å²) >= 11 is 27.5. The highest BCUT2D eigenvalue weighted by atomic mass is 79.9. The smallest absolute Gasteiger partial charge is 0.0722 e. The maximum absolute atomic E-state index is 6.13. The van der Waals surface area contributed by atoms with Crippen molar-refractivity contribution in [2.24, 2.45) is 0 Å². The van der Waals surface area contributed by atoms with E-state index in [9.17, 15) is 0 Å². The van der Waals surface area contributed by atoms with Crippen LogP contribution in [0.5, 0.6) is 0 Å². The summed E-state index contributed by atoms with van der Waals surface area (Å²) in [7, 11) is 0. The Morgan fingerprint density at radius 1 is 0.842 bits per heavy atom. The van der Waals surface area contributed by atoms with E-state index >= 15 is 0 Å². The molecule has 0 unspecified atom stereocenters. The molecule has 0 atom stereocenters. The van der Waals surface area contributed by atoms with Gasteiger partial charge in [0.1, 0.15) is 0 Å². The highest BCUT2D eigenvalue weighted by Crippen LogP contribution is 2.34. The number of halogens is 5. The Labute approximate surface area is 139 Å². The lowest BCUT2D eigenvalue weighted by Crippen LogP contribution is -2.00. The quantitative estimate of drug-likeness (QED) is 0.607. The molecule has 0 amide bonds. The molecule has 0 bridgehead atoms. The van der Waals surface area contributed by atoms with Crippen LogP contribution in [0, 0.1) is 0 Å². The minimum absolute atomic E-state index is 0.529. The molecule has 2 aromatic carbocycles. The lowest BCUT2D eigenvalue weighted by molar-refractivity contribution is 1.15. The molecular formula is C13H8BrCl4N. The summed E-state index contributed by atoms with van der Waals surface area (Å²) in [5, 5.41) is 5.46. The van der Waals surface area contributed by atoms with Gasteiger partial charge in [0.25, 0.3) is 0 Å². The molecule has 19 heavy (non-hydrogen) atoms. The maximum Gasteiger partial charge on any atom is 0.0722 e. The standard InChI is InChI=1S/C13H8BrCl4N/c14-8-3-11(17)13(12(18)4-8)19-6-7-1-9(15)5-10(16)2-7/h1-5,19H,6H2. The van der Waals surface area contributed by atoms with E-state index in [0.29, 0.717) is 32.3 Å². The number of nitrogens with one attached hydrogen (secondary N) is 1. The van der Waals surface area contributed by atoms with Crippen LogP contribution in [-0.4, -0.2) is 0 Å². The van der Waals surface area contributed by atoms with Gasteiger partial charge in [0.2, 0.25) is 0 Å². The zero-order valence-electron chi connectivity index (χ0n) is 9.48. The van der Waals surface area contributed by atoms with Gasteiger partial charge in [0.15, 0.2) is 0 Å². The van der Waals surface area contributed by atoms with E-state index in [1.807, 2.05) is 12.1 Å². The SMILES string of the molecule is Clc1cc(Cl)cc(CNc2c(Cl)cc(Br)cc2Cl)c1. The van der Waals surface area contributed by atoms with Gasteiger partial charge in [0.05, 0.1) is 15.7 Å². The third-order valence-corrected chi connectivity index (χ3v) is 3.89. The zero-order valence-corrected chi connectivity index (χ0v) is 14.1. The van der Waals surface area contributed by atoms with Crippen molar-refractivity contribution < 1.29 is 0 Å². The molecule has 0 heterocycles. The van der Waals surface area contributed by atoms with Gasteiger partial charge in [-0.3, -0.25) is 0 Å². The van der Waals surface area contributed by atoms with Gasteiger partial charge in [0, 0.05) is 21.1 Å². The fourth-order valence-electron chi connectivity index (χ4n) is 1.61. The first kappa shape index (κ1) is 15.3. The van der Waals surface area contributed by atoms with Gasteiger partial charge < -0.3 is 5.32 Å². The lowest BCUT2D eigenvalue weighted by atomic mass is 10.2. The number of hydrogen-bond acceptors (Lipinski definition) is 1. The van der Waals surface area contributed by atoms with Crippen LogP contribution >= 0.6 is 62.3 Å². The molecule has 6 heteroatoms. The second kappa shape index (κ2) is 6.55. The van der Waals surface area contributed by atoms with Crippen molar-refractivity contribution in [3.63, 3.8) is 0 Å². The summed E-state index contributed by atoms with van der Waals surface area (Å²) in [4.78, 5) is 0. The molecule has 2 aromatic rings. The Balaban J connectivity index is 2.19. The van der Waals surface area contributed by atoms with Crippen molar-refractivity contribution in [3.8, 4) is 0 Å². The van der Waals surface area contributed by atoms with Crippen LogP contribution in [0.25, 0.3) is 0 Å². The summed E-state index contributed by atoms with van der Waals surface area (Å²) in [6.45, 7) is 0.529. The molecular weight excluding hydrogens is 392 g/mol. The first-order valence-corrected chi connectivity index (χ1v) is 7.59. The van der Waals surface area contributed by atoms with Gasteiger partial charge in [-0.05, 0) is 35.9 Å². The minimum atomic E-state index is 0.529. The first-order valence-electron chi connectivity index (χ1n) is 5.29. The molecule has 0 aliphatic heterocycles. The van der Waals surface area contributed by atoms with Crippen LogP contribution in [0.4, 0.5) is 5.69 Å². The summed E-state index contributed by atoms with van der Waals surface area (Å²) < 4.78 is 0.832. The van der Waals surface area contributed by atoms with E-state index in [4.69, 9.17) is 46.4 Å². The molecule has 100 valence electrons. The molecule has 0 fully saturated rings. The van der Waals surface area contributed by atoms with Crippen LogP contribution in [0.3, 0.4) is 0 Å². The largest absolute Gasteiger partial charge is 0.379 e. The van der Waals surface area contributed by atoms with E-state index in [-0.39, 0.29) is 0 Å². The molecule has 0 spiro atoms. The van der Waals surface area contributed by atoms with Crippen LogP contribution < -0.4 is 5.32 Å².